The Morgan fingerprint density at radius 3 is 2.26 bits per heavy atom. The Balaban J connectivity index is 1.67. The molecule has 0 saturated heterocycles. The minimum atomic E-state index is -1.15. The van der Waals surface area contributed by atoms with E-state index in [4.69, 9.17) is 14.6 Å². The van der Waals surface area contributed by atoms with Gasteiger partial charge in [0, 0.05) is 25.5 Å². The molecule has 2 aromatic heterocycles. The van der Waals surface area contributed by atoms with Gasteiger partial charge in [-0.1, -0.05) is 0 Å². The van der Waals surface area contributed by atoms with Crippen molar-refractivity contribution in [3.63, 3.8) is 0 Å². The zero-order valence-corrected chi connectivity index (χ0v) is 15.8. The van der Waals surface area contributed by atoms with Crippen LogP contribution in [0.1, 0.15) is 16.2 Å². The lowest BCUT2D eigenvalue weighted by atomic mass is 10.4. The summed E-state index contributed by atoms with van der Waals surface area (Å²) < 4.78 is 10.1. The molecule has 2 N–H and O–H groups in total. The first kappa shape index (κ1) is 20.6. The van der Waals surface area contributed by atoms with Crippen LogP contribution in [0.15, 0.2) is 23.4 Å². The lowest BCUT2D eigenvalue weighted by Gasteiger charge is -2.20. The molecule has 146 valence electrons. The number of carbonyl (C=O) groups is 3. The number of nitrogens with zero attached hydrogens (tertiary/aromatic N) is 3. The van der Waals surface area contributed by atoms with Gasteiger partial charge in [-0.05, 0) is 6.42 Å². The Morgan fingerprint density at radius 2 is 1.70 bits per heavy atom. The Hall–Kier alpha value is -2.73. The summed E-state index contributed by atoms with van der Waals surface area (Å²) in [4.78, 5) is 44.9. The highest BCUT2D eigenvalue weighted by Gasteiger charge is 2.18. The lowest BCUT2D eigenvalue weighted by Crippen LogP contribution is -2.38. The zero-order chi connectivity index (χ0) is 19.5. The minimum absolute atomic E-state index is 0.0295. The number of aromatic nitrogens is 2. The first-order chi connectivity index (χ1) is 13.0. The molecule has 12 heteroatoms. The summed E-state index contributed by atoms with van der Waals surface area (Å²) in [6.07, 6.45) is 2.19. The van der Waals surface area contributed by atoms with Crippen LogP contribution in [0, 0.1) is 0 Å². The second kappa shape index (κ2) is 11.1. The van der Waals surface area contributed by atoms with E-state index in [1.165, 1.54) is 22.7 Å². The summed E-state index contributed by atoms with van der Waals surface area (Å²) >= 11 is 2.71. The number of amides is 2. The Labute approximate surface area is 162 Å². The first-order valence-corrected chi connectivity index (χ1v) is 9.59. The molecule has 27 heavy (non-hydrogen) atoms. The smallest absolute Gasteiger partial charge is 0.410 e. The van der Waals surface area contributed by atoms with Crippen LogP contribution in [0.2, 0.25) is 0 Å². The summed E-state index contributed by atoms with van der Waals surface area (Å²) in [5.74, 6) is -1.15. The van der Waals surface area contributed by atoms with E-state index in [0.717, 1.165) is 14.7 Å². The van der Waals surface area contributed by atoms with Crippen LogP contribution in [0.5, 0.6) is 0 Å². The highest BCUT2D eigenvalue weighted by atomic mass is 32.1. The number of alkyl carbamates (subject to hydrolysis) is 1. The van der Waals surface area contributed by atoms with Crippen molar-refractivity contribution in [2.75, 3.05) is 19.6 Å². The van der Waals surface area contributed by atoms with Crippen molar-refractivity contribution >= 4 is 40.8 Å². The van der Waals surface area contributed by atoms with Gasteiger partial charge in [0.05, 0.1) is 20.8 Å². The molecule has 0 atom stereocenters. The third-order valence-electron chi connectivity index (χ3n) is 3.11. The van der Waals surface area contributed by atoms with E-state index in [0.29, 0.717) is 6.42 Å². The van der Waals surface area contributed by atoms with Crippen molar-refractivity contribution in [1.29, 1.82) is 0 Å². The second-order valence-electron chi connectivity index (χ2n) is 5.16. The third kappa shape index (κ3) is 8.00. The molecule has 2 aromatic rings. The fraction of sp³-hybridized carbons (Fsp3) is 0.400. The third-order valence-corrected chi connectivity index (χ3v) is 4.62. The maximum Gasteiger partial charge on any atom is 0.410 e. The number of hydrogen-bond donors (Lipinski definition) is 2. The fourth-order valence-corrected chi connectivity index (χ4v) is 2.91. The molecule has 0 spiro atoms. The van der Waals surface area contributed by atoms with Gasteiger partial charge in [-0.25, -0.2) is 9.59 Å². The topological polar surface area (TPSA) is 131 Å². The first-order valence-electron chi connectivity index (χ1n) is 7.83. The number of carboxylic acids is 1. The average molecular weight is 414 g/mol. The predicted molar refractivity (Wildman–Crippen MR) is 96.4 cm³/mol. The minimum Gasteiger partial charge on any atom is -0.480 e. The molecule has 0 saturated carbocycles. The molecule has 0 radical (unpaired) electrons. The van der Waals surface area contributed by atoms with Crippen molar-refractivity contribution in [3.8, 4) is 0 Å². The Bertz CT molecular complexity index is 723. The normalized spacial score (nSPS) is 10.2. The van der Waals surface area contributed by atoms with E-state index in [1.807, 2.05) is 0 Å². The van der Waals surface area contributed by atoms with Gasteiger partial charge in [0.25, 0.3) is 0 Å². The molecule has 2 amide bonds. The standard InChI is InChI=1S/C15H18N4O6S2/c20-13(21)6-19(15(23)25-8-12-5-17-10-27-12)3-1-2-18-14(22)24-7-11-4-16-9-26-11/h4-5,9-10H,1-3,6-8H2,(H,18,22)(H,20,21). The Kier molecular flexibility index (Phi) is 8.45. The highest BCUT2D eigenvalue weighted by Crippen LogP contribution is 2.09. The molecule has 0 bridgehead atoms. The van der Waals surface area contributed by atoms with Crippen LogP contribution in [0.3, 0.4) is 0 Å². The maximum absolute atomic E-state index is 12.0. The number of rotatable bonds is 10. The van der Waals surface area contributed by atoms with Crippen LogP contribution in [0.4, 0.5) is 9.59 Å². The van der Waals surface area contributed by atoms with Gasteiger partial charge in [0.15, 0.2) is 0 Å². The van der Waals surface area contributed by atoms with Crippen LogP contribution in [-0.2, 0) is 27.5 Å². The molecule has 0 aliphatic heterocycles. The second-order valence-corrected chi connectivity index (χ2v) is 7.10. The van der Waals surface area contributed by atoms with Gasteiger partial charge in [-0.15, -0.1) is 22.7 Å². The summed E-state index contributed by atoms with van der Waals surface area (Å²) in [5, 5.41) is 11.5. The number of carboxylic acid groups (broad SMARTS) is 1. The van der Waals surface area contributed by atoms with Crippen LogP contribution in [0.25, 0.3) is 0 Å². The van der Waals surface area contributed by atoms with E-state index < -0.39 is 24.7 Å². The molecule has 0 fully saturated rings. The number of nitrogens with one attached hydrogen (secondary N) is 1. The van der Waals surface area contributed by atoms with Gasteiger partial charge in [0.2, 0.25) is 0 Å². The maximum atomic E-state index is 12.0. The van der Waals surface area contributed by atoms with E-state index >= 15 is 0 Å². The van der Waals surface area contributed by atoms with E-state index in [-0.39, 0.29) is 26.3 Å². The summed E-state index contributed by atoms with van der Waals surface area (Å²) in [5.41, 5.74) is 3.25. The van der Waals surface area contributed by atoms with Crippen LogP contribution in [-0.4, -0.2) is 57.8 Å². The number of ether oxygens (including phenoxy) is 2. The zero-order valence-electron chi connectivity index (χ0n) is 14.2. The van der Waals surface area contributed by atoms with Crippen molar-refractivity contribution < 1.29 is 29.0 Å². The molecule has 0 unspecified atom stereocenters. The quantitative estimate of drug-likeness (QED) is 0.564. The fourth-order valence-electron chi connectivity index (χ4n) is 1.90. The predicted octanol–water partition coefficient (Wildman–Crippen LogP) is 1.94. The SMILES string of the molecule is O=C(O)CN(CCCNC(=O)OCc1cncs1)C(=O)OCc1cncs1. The Morgan fingerprint density at radius 1 is 1.07 bits per heavy atom. The molecule has 2 heterocycles. The van der Waals surface area contributed by atoms with Crippen molar-refractivity contribution in [3.05, 3.63) is 33.2 Å². The average Bonchev–Trinajstić information content (AvgIpc) is 3.33. The van der Waals surface area contributed by atoms with Crippen LogP contribution < -0.4 is 5.32 Å². The number of hydrogen-bond acceptors (Lipinski definition) is 9. The number of thiazole rings is 2. The molecule has 2 rings (SSSR count). The van der Waals surface area contributed by atoms with E-state index in [2.05, 4.69) is 15.3 Å². The van der Waals surface area contributed by atoms with E-state index in [1.54, 1.807) is 23.4 Å². The van der Waals surface area contributed by atoms with Crippen molar-refractivity contribution in [2.24, 2.45) is 0 Å². The molecule has 0 aliphatic carbocycles. The largest absolute Gasteiger partial charge is 0.480 e. The monoisotopic (exact) mass is 414 g/mol. The summed E-state index contributed by atoms with van der Waals surface area (Å²) in [7, 11) is 0. The van der Waals surface area contributed by atoms with Gasteiger partial charge in [-0.3, -0.25) is 19.7 Å². The van der Waals surface area contributed by atoms with E-state index in [9.17, 15) is 14.4 Å². The molecule has 10 nitrogen and oxygen atoms in total. The summed E-state index contributed by atoms with van der Waals surface area (Å²) in [6.45, 7) is 0.00732. The van der Waals surface area contributed by atoms with Crippen LogP contribution >= 0.6 is 22.7 Å². The molecular formula is C15H18N4O6S2. The molecule has 0 aromatic carbocycles. The van der Waals surface area contributed by atoms with Gasteiger partial charge >= 0.3 is 18.2 Å². The highest BCUT2D eigenvalue weighted by molar-refractivity contribution is 7.09. The van der Waals surface area contributed by atoms with Gasteiger partial charge in [-0.2, -0.15) is 0 Å². The summed E-state index contributed by atoms with van der Waals surface area (Å²) in [6, 6.07) is 0. The lowest BCUT2D eigenvalue weighted by molar-refractivity contribution is -0.138. The number of carbonyl (C=O) groups excluding carboxylic acids is 2. The molecule has 0 aliphatic rings. The van der Waals surface area contributed by atoms with Crippen molar-refractivity contribution in [2.45, 2.75) is 19.6 Å². The van der Waals surface area contributed by atoms with Gasteiger partial charge in [0.1, 0.15) is 19.8 Å². The van der Waals surface area contributed by atoms with Crippen molar-refractivity contribution in [1.82, 2.24) is 20.2 Å². The van der Waals surface area contributed by atoms with Gasteiger partial charge < -0.3 is 19.9 Å². The molecular weight excluding hydrogens is 396 g/mol. The number of aliphatic carboxylic acids is 1.